The van der Waals surface area contributed by atoms with E-state index in [-0.39, 0.29) is 5.56 Å². The quantitative estimate of drug-likeness (QED) is 0.593. The summed E-state index contributed by atoms with van der Waals surface area (Å²) in [4.78, 5) is 12.2. The van der Waals surface area contributed by atoms with Crippen LogP contribution in [0.4, 0.5) is 13.2 Å². The van der Waals surface area contributed by atoms with E-state index >= 15 is 0 Å². The zero-order chi connectivity index (χ0) is 14.2. The van der Waals surface area contributed by atoms with Gasteiger partial charge in [-0.3, -0.25) is 4.79 Å². The van der Waals surface area contributed by atoms with Gasteiger partial charge in [-0.25, -0.2) is 13.2 Å². The van der Waals surface area contributed by atoms with Gasteiger partial charge in [0.05, 0.1) is 5.56 Å². The van der Waals surface area contributed by atoms with Gasteiger partial charge >= 0.3 is 0 Å². The van der Waals surface area contributed by atoms with Crippen molar-refractivity contribution in [1.82, 2.24) is 0 Å². The summed E-state index contributed by atoms with van der Waals surface area (Å²) in [5.74, 6) is -4.27. The highest BCUT2D eigenvalue weighted by Gasteiger charge is 2.19. The Bertz CT molecular complexity index is 663. The van der Waals surface area contributed by atoms with Gasteiger partial charge in [-0.15, -0.1) is 0 Å². The number of carbonyl (C=O) groups is 1. The van der Waals surface area contributed by atoms with E-state index in [9.17, 15) is 18.0 Å². The molecule has 0 atom stereocenters. The van der Waals surface area contributed by atoms with Gasteiger partial charge in [0, 0.05) is 11.6 Å². The minimum Gasteiger partial charge on any atom is -0.288 e. The van der Waals surface area contributed by atoms with Crippen LogP contribution >= 0.6 is 0 Å². The maximum Gasteiger partial charge on any atom is 0.196 e. The topological polar surface area (TPSA) is 17.1 Å². The molecule has 0 saturated carbocycles. The second kappa shape index (κ2) is 4.88. The van der Waals surface area contributed by atoms with Gasteiger partial charge in [-0.1, -0.05) is 18.2 Å². The van der Waals surface area contributed by atoms with Crippen LogP contribution in [0.3, 0.4) is 0 Å². The number of hydrogen-bond acceptors (Lipinski definition) is 1. The molecular weight excluding hydrogens is 253 g/mol. The van der Waals surface area contributed by atoms with Gasteiger partial charge in [-0.05, 0) is 31.0 Å². The molecule has 0 radical (unpaired) electrons. The molecule has 0 saturated heterocycles. The third-order valence-electron chi connectivity index (χ3n) is 3.10. The van der Waals surface area contributed by atoms with E-state index in [1.54, 1.807) is 13.0 Å². The highest BCUT2D eigenvalue weighted by atomic mass is 19.2. The lowest BCUT2D eigenvalue weighted by Gasteiger charge is -2.08. The number of hydrogen-bond donors (Lipinski definition) is 0. The summed E-state index contributed by atoms with van der Waals surface area (Å²) in [7, 11) is 0. The molecule has 0 aliphatic carbocycles. The summed E-state index contributed by atoms with van der Waals surface area (Å²) < 4.78 is 39.5. The highest BCUT2D eigenvalue weighted by Crippen LogP contribution is 2.21. The maximum atomic E-state index is 13.6. The smallest absolute Gasteiger partial charge is 0.196 e. The normalized spacial score (nSPS) is 10.6. The number of aryl methyl sites for hydroxylation is 1. The van der Waals surface area contributed by atoms with E-state index in [0.29, 0.717) is 17.7 Å². The third-order valence-corrected chi connectivity index (χ3v) is 3.10. The Balaban J connectivity index is 2.56. The maximum absolute atomic E-state index is 13.6. The predicted molar refractivity (Wildman–Crippen MR) is 65.7 cm³/mol. The van der Waals surface area contributed by atoms with Gasteiger partial charge in [0.2, 0.25) is 0 Å². The second-order valence-corrected chi connectivity index (χ2v) is 4.32. The van der Waals surface area contributed by atoms with Crippen molar-refractivity contribution in [2.75, 3.05) is 0 Å². The van der Waals surface area contributed by atoms with Gasteiger partial charge in [0.15, 0.2) is 17.4 Å². The van der Waals surface area contributed by atoms with Crippen LogP contribution in [0.1, 0.15) is 27.0 Å². The number of ketones is 1. The first-order chi connectivity index (χ1) is 8.91. The molecule has 2 rings (SSSR count). The first-order valence-corrected chi connectivity index (χ1v) is 5.67. The zero-order valence-corrected chi connectivity index (χ0v) is 10.4. The van der Waals surface area contributed by atoms with Gasteiger partial charge < -0.3 is 0 Å². The Labute approximate surface area is 108 Å². The molecule has 0 heterocycles. The Morgan fingerprint density at radius 1 is 0.895 bits per heavy atom. The Kier molecular flexibility index (Phi) is 3.42. The van der Waals surface area contributed by atoms with Crippen molar-refractivity contribution >= 4 is 5.78 Å². The van der Waals surface area contributed by atoms with Crippen molar-refractivity contribution in [3.63, 3.8) is 0 Å². The van der Waals surface area contributed by atoms with Crippen LogP contribution in [0.15, 0.2) is 30.3 Å². The molecule has 0 N–H and O–H groups in total. The number of rotatable bonds is 2. The number of carbonyl (C=O) groups excluding carboxylic acids is 1. The largest absolute Gasteiger partial charge is 0.288 e. The van der Waals surface area contributed by atoms with Crippen molar-refractivity contribution in [3.05, 3.63) is 70.0 Å². The zero-order valence-electron chi connectivity index (χ0n) is 10.4. The van der Waals surface area contributed by atoms with Crippen molar-refractivity contribution in [2.24, 2.45) is 0 Å². The molecule has 0 aliphatic rings. The number of benzene rings is 2. The molecular formula is C15H11F3O. The van der Waals surface area contributed by atoms with Crippen molar-refractivity contribution in [3.8, 4) is 0 Å². The molecule has 0 spiro atoms. The standard InChI is InChI=1S/C15H11F3O/c1-8-4-3-5-10(9(8)2)15(19)11-6-13(17)14(18)7-12(11)16/h3-7H,1-2H3. The minimum absolute atomic E-state index is 0.282. The van der Waals surface area contributed by atoms with E-state index in [1.807, 2.05) is 13.0 Å². The van der Waals surface area contributed by atoms with Crippen molar-refractivity contribution in [2.45, 2.75) is 13.8 Å². The summed E-state index contributed by atoms with van der Waals surface area (Å²) >= 11 is 0. The SMILES string of the molecule is Cc1cccc(C(=O)c2cc(F)c(F)cc2F)c1C. The molecule has 0 aromatic heterocycles. The molecule has 98 valence electrons. The fourth-order valence-electron chi connectivity index (χ4n) is 1.84. The van der Waals surface area contributed by atoms with E-state index in [0.717, 1.165) is 5.56 Å². The first kappa shape index (κ1) is 13.3. The lowest BCUT2D eigenvalue weighted by Crippen LogP contribution is -2.08. The number of halogens is 3. The van der Waals surface area contributed by atoms with E-state index < -0.39 is 28.8 Å². The predicted octanol–water partition coefficient (Wildman–Crippen LogP) is 3.95. The molecule has 2 aromatic carbocycles. The van der Waals surface area contributed by atoms with E-state index in [2.05, 4.69) is 0 Å². The molecule has 1 nitrogen and oxygen atoms in total. The lowest BCUT2D eigenvalue weighted by atomic mass is 9.96. The molecule has 0 aliphatic heterocycles. The second-order valence-electron chi connectivity index (χ2n) is 4.32. The average molecular weight is 264 g/mol. The molecule has 0 bridgehead atoms. The van der Waals surface area contributed by atoms with Crippen LogP contribution in [0.25, 0.3) is 0 Å². The van der Waals surface area contributed by atoms with Crippen LogP contribution in [-0.2, 0) is 0 Å². The lowest BCUT2D eigenvalue weighted by molar-refractivity contribution is 0.103. The summed E-state index contributed by atoms with van der Waals surface area (Å²) in [5, 5.41) is 0. The first-order valence-electron chi connectivity index (χ1n) is 5.67. The Hall–Kier alpha value is -2.10. The van der Waals surface area contributed by atoms with Crippen molar-refractivity contribution < 1.29 is 18.0 Å². The summed E-state index contributed by atoms with van der Waals surface area (Å²) in [6.45, 7) is 3.54. The summed E-state index contributed by atoms with van der Waals surface area (Å²) in [5.41, 5.74) is 1.38. The molecule has 2 aromatic rings. The van der Waals surface area contributed by atoms with Crippen LogP contribution in [0.2, 0.25) is 0 Å². The molecule has 0 amide bonds. The fourth-order valence-corrected chi connectivity index (χ4v) is 1.84. The van der Waals surface area contributed by atoms with Gasteiger partial charge in [0.25, 0.3) is 0 Å². The average Bonchev–Trinajstić information content (AvgIpc) is 2.36. The van der Waals surface area contributed by atoms with E-state index in [1.165, 1.54) is 6.07 Å². The Morgan fingerprint density at radius 3 is 2.21 bits per heavy atom. The highest BCUT2D eigenvalue weighted by molar-refractivity contribution is 6.10. The van der Waals surface area contributed by atoms with Crippen LogP contribution in [0, 0.1) is 31.3 Å². The minimum atomic E-state index is -1.31. The summed E-state index contributed by atoms with van der Waals surface area (Å²) in [6, 6.07) is 5.98. The molecule has 19 heavy (non-hydrogen) atoms. The molecule has 0 unspecified atom stereocenters. The third kappa shape index (κ3) is 2.38. The molecule has 0 fully saturated rings. The van der Waals surface area contributed by atoms with Crippen LogP contribution < -0.4 is 0 Å². The van der Waals surface area contributed by atoms with Crippen LogP contribution in [-0.4, -0.2) is 5.78 Å². The Morgan fingerprint density at radius 2 is 1.53 bits per heavy atom. The van der Waals surface area contributed by atoms with Crippen molar-refractivity contribution in [1.29, 1.82) is 0 Å². The van der Waals surface area contributed by atoms with Gasteiger partial charge in [-0.2, -0.15) is 0 Å². The van der Waals surface area contributed by atoms with Gasteiger partial charge in [0.1, 0.15) is 5.82 Å². The summed E-state index contributed by atoms with van der Waals surface area (Å²) in [6.07, 6.45) is 0. The van der Waals surface area contributed by atoms with E-state index in [4.69, 9.17) is 0 Å². The monoisotopic (exact) mass is 264 g/mol. The molecule has 4 heteroatoms. The van der Waals surface area contributed by atoms with Crippen LogP contribution in [0.5, 0.6) is 0 Å². The fraction of sp³-hybridized carbons (Fsp3) is 0.133.